The molecular weight excluding hydrogens is 380 g/mol. The van der Waals surface area contributed by atoms with Crippen LogP contribution >= 0.6 is 11.6 Å². The Morgan fingerprint density at radius 2 is 1.75 bits per heavy atom. The third kappa shape index (κ3) is 4.33. The minimum atomic E-state index is -0.0684. The molecule has 1 heterocycles. The molecular formula is C21H25ClN2O4. The maximum atomic E-state index is 13.5. The molecule has 1 aliphatic rings. The molecule has 1 fully saturated rings. The zero-order valence-electron chi connectivity index (χ0n) is 16.4. The molecule has 1 saturated carbocycles. The van der Waals surface area contributed by atoms with E-state index in [1.54, 1.807) is 45.7 Å². The first kappa shape index (κ1) is 20.3. The van der Waals surface area contributed by atoms with Crippen molar-refractivity contribution in [1.29, 1.82) is 0 Å². The highest BCUT2D eigenvalue weighted by Crippen LogP contribution is 2.39. The highest BCUT2D eigenvalue weighted by molar-refractivity contribution is 6.29. The van der Waals surface area contributed by atoms with Gasteiger partial charge in [-0.3, -0.25) is 4.79 Å². The normalized spacial score (nSPS) is 14.0. The van der Waals surface area contributed by atoms with Gasteiger partial charge < -0.3 is 19.1 Å². The van der Waals surface area contributed by atoms with Crippen molar-refractivity contribution < 1.29 is 19.0 Å². The number of aromatic nitrogens is 1. The molecule has 6 nitrogen and oxygen atoms in total. The second-order valence-electron chi connectivity index (χ2n) is 6.77. The van der Waals surface area contributed by atoms with E-state index in [0.29, 0.717) is 34.5 Å². The molecule has 1 aliphatic carbocycles. The second kappa shape index (κ2) is 9.15. The van der Waals surface area contributed by atoms with Crippen LogP contribution in [0.1, 0.15) is 41.6 Å². The number of hydrogen-bond donors (Lipinski definition) is 0. The van der Waals surface area contributed by atoms with Crippen LogP contribution < -0.4 is 14.2 Å². The van der Waals surface area contributed by atoms with Crippen molar-refractivity contribution in [3.8, 4) is 17.2 Å². The van der Waals surface area contributed by atoms with E-state index in [9.17, 15) is 4.79 Å². The molecule has 3 rings (SSSR count). The van der Waals surface area contributed by atoms with Gasteiger partial charge in [0.15, 0.2) is 11.5 Å². The Balaban J connectivity index is 1.95. The second-order valence-corrected chi connectivity index (χ2v) is 7.16. The lowest BCUT2D eigenvalue weighted by atomic mass is 10.1. The number of methoxy groups -OCH3 is 3. The van der Waals surface area contributed by atoms with Gasteiger partial charge in [0, 0.05) is 24.3 Å². The first-order valence-corrected chi connectivity index (χ1v) is 9.66. The number of ether oxygens (including phenoxy) is 3. The zero-order chi connectivity index (χ0) is 20.1. The SMILES string of the molecule is COc1cc(C(=O)N(Cc2ccc(Cl)nc2)C2CCCC2)cc(OC)c1OC. The predicted octanol–water partition coefficient (Wildman–Crippen LogP) is 4.35. The van der Waals surface area contributed by atoms with E-state index in [1.165, 1.54) is 0 Å². The fraction of sp³-hybridized carbons (Fsp3) is 0.429. The zero-order valence-corrected chi connectivity index (χ0v) is 17.2. The summed E-state index contributed by atoms with van der Waals surface area (Å²) in [6, 6.07) is 7.24. The predicted molar refractivity (Wildman–Crippen MR) is 107 cm³/mol. The lowest BCUT2D eigenvalue weighted by molar-refractivity contribution is 0.0663. The summed E-state index contributed by atoms with van der Waals surface area (Å²) in [5.74, 6) is 1.33. The molecule has 7 heteroatoms. The molecule has 0 aliphatic heterocycles. The van der Waals surface area contributed by atoms with Gasteiger partial charge in [0.25, 0.3) is 5.91 Å². The van der Waals surface area contributed by atoms with E-state index < -0.39 is 0 Å². The van der Waals surface area contributed by atoms with Crippen molar-refractivity contribution in [3.05, 3.63) is 46.7 Å². The number of carbonyl (C=O) groups excluding carboxylic acids is 1. The van der Waals surface area contributed by atoms with Gasteiger partial charge in [-0.1, -0.05) is 30.5 Å². The monoisotopic (exact) mass is 404 g/mol. The molecule has 0 saturated heterocycles. The van der Waals surface area contributed by atoms with Crippen molar-refractivity contribution in [2.24, 2.45) is 0 Å². The van der Waals surface area contributed by atoms with Gasteiger partial charge in [-0.2, -0.15) is 0 Å². The molecule has 1 aromatic heterocycles. The average molecular weight is 405 g/mol. The Hall–Kier alpha value is -2.47. The summed E-state index contributed by atoms with van der Waals surface area (Å²) in [7, 11) is 4.62. The molecule has 0 bridgehead atoms. The summed E-state index contributed by atoms with van der Waals surface area (Å²) in [5, 5.41) is 0.437. The topological polar surface area (TPSA) is 60.9 Å². The van der Waals surface area contributed by atoms with Crippen LogP contribution in [-0.4, -0.2) is 43.2 Å². The lowest BCUT2D eigenvalue weighted by Crippen LogP contribution is -2.38. The van der Waals surface area contributed by atoms with Crippen LogP contribution in [0.5, 0.6) is 17.2 Å². The Bertz CT molecular complexity index is 795. The first-order chi connectivity index (χ1) is 13.6. The van der Waals surface area contributed by atoms with Crippen LogP contribution in [0, 0.1) is 0 Å². The summed E-state index contributed by atoms with van der Waals surface area (Å²) >= 11 is 5.90. The quantitative estimate of drug-likeness (QED) is 0.642. The number of amides is 1. The van der Waals surface area contributed by atoms with Gasteiger partial charge in [-0.15, -0.1) is 0 Å². The summed E-state index contributed by atoms with van der Waals surface area (Å²) in [6.07, 6.45) is 5.96. The Labute approximate surface area is 170 Å². The summed E-state index contributed by atoms with van der Waals surface area (Å²) in [4.78, 5) is 19.5. The van der Waals surface area contributed by atoms with Crippen LogP contribution in [0.4, 0.5) is 0 Å². The molecule has 1 aromatic carbocycles. The van der Waals surface area contributed by atoms with Crippen LogP contribution in [0.2, 0.25) is 5.15 Å². The fourth-order valence-electron chi connectivity index (χ4n) is 3.65. The van der Waals surface area contributed by atoms with Crippen molar-refractivity contribution in [2.45, 2.75) is 38.3 Å². The van der Waals surface area contributed by atoms with Crippen LogP contribution in [0.15, 0.2) is 30.5 Å². The van der Waals surface area contributed by atoms with E-state index in [0.717, 1.165) is 31.2 Å². The molecule has 1 amide bonds. The molecule has 0 spiro atoms. The van der Waals surface area contributed by atoms with E-state index in [4.69, 9.17) is 25.8 Å². The maximum absolute atomic E-state index is 13.5. The van der Waals surface area contributed by atoms with Gasteiger partial charge in [0.1, 0.15) is 5.15 Å². The van der Waals surface area contributed by atoms with Crippen molar-refractivity contribution in [1.82, 2.24) is 9.88 Å². The number of benzene rings is 1. The van der Waals surface area contributed by atoms with Gasteiger partial charge in [0.05, 0.1) is 21.3 Å². The Kier molecular flexibility index (Phi) is 6.62. The summed E-state index contributed by atoms with van der Waals surface area (Å²) in [6.45, 7) is 0.477. The molecule has 0 unspecified atom stereocenters. The number of nitrogens with zero attached hydrogens (tertiary/aromatic N) is 2. The largest absolute Gasteiger partial charge is 0.493 e. The summed E-state index contributed by atoms with van der Waals surface area (Å²) in [5.41, 5.74) is 1.44. The van der Waals surface area contributed by atoms with Gasteiger partial charge in [-0.05, 0) is 36.6 Å². The van der Waals surface area contributed by atoms with Crippen LogP contribution in [-0.2, 0) is 6.54 Å². The average Bonchev–Trinajstić information content (AvgIpc) is 3.26. The number of hydrogen-bond acceptors (Lipinski definition) is 5. The number of pyridine rings is 1. The van der Waals surface area contributed by atoms with Crippen molar-refractivity contribution in [2.75, 3.05) is 21.3 Å². The minimum absolute atomic E-state index is 0.0684. The highest BCUT2D eigenvalue weighted by Gasteiger charge is 2.29. The van der Waals surface area contributed by atoms with Gasteiger partial charge in [-0.25, -0.2) is 4.98 Å². The number of halogens is 1. The first-order valence-electron chi connectivity index (χ1n) is 9.28. The molecule has 0 atom stereocenters. The number of carbonyl (C=O) groups is 1. The Morgan fingerprint density at radius 3 is 2.25 bits per heavy atom. The standard InChI is InChI=1S/C21H25ClN2O4/c1-26-17-10-15(11-18(27-2)20(17)28-3)21(25)24(16-6-4-5-7-16)13-14-8-9-19(22)23-12-14/h8-12,16H,4-7,13H2,1-3H3. The third-order valence-electron chi connectivity index (χ3n) is 5.08. The molecule has 150 valence electrons. The van der Waals surface area contributed by atoms with Gasteiger partial charge in [0.2, 0.25) is 5.75 Å². The van der Waals surface area contributed by atoms with E-state index >= 15 is 0 Å². The smallest absolute Gasteiger partial charge is 0.254 e. The lowest BCUT2D eigenvalue weighted by Gasteiger charge is -2.29. The number of rotatable bonds is 7. The van der Waals surface area contributed by atoms with E-state index in [-0.39, 0.29) is 11.9 Å². The fourth-order valence-corrected chi connectivity index (χ4v) is 3.76. The van der Waals surface area contributed by atoms with E-state index in [1.807, 2.05) is 11.0 Å². The minimum Gasteiger partial charge on any atom is -0.493 e. The maximum Gasteiger partial charge on any atom is 0.254 e. The van der Waals surface area contributed by atoms with Crippen LogP contribution in [0.3, 0.4) is 0 Å². The molecule has 0 radical (unpaired) electrons. The van der Waals surface area contributed by atoms with E-state index in [2.05, 4.69) is 4.98 Å². The van der Waals surface area contributed by atoms with Crippen molar-refractivity contribution >= 4 is 17.5 Å². The van der Waals surface area contributed by atoms with Crippen LogP contribution in [0.25, 0.3) is 0 Å². The van der Waals surface area contributed by atoms with Gasteiger partial charge >= 0.3 is 0 Å². The third-order valence-corrected chi connectivity index (χ3v) is 5.30. The summed E-state index contributed by atoms with van der Waals surface area (Å²) < 4.78 is 16.2. The molecule has 0 N–H and O–H groups in total. The molecule has 2 aromatic rings. The molecule has 28 heavy (non-hydrogen) atoms. The Morgan fingerprint density at radius 1 is 1.11 bits per heavy atom. The highest BCUT2D eigenvalue weighted by atomic mass is 35.5. The van der Waals surface area contributed by atoms with Crippen molar-refractivity contribution in [3.63, 3.8) is 0 Å².